The van der Waals surface area contributed by atoms with E-state index in [9.17, 15) is 14.4 Å². The van der Waals surface area contributed by atoms with Crippen LogP contribution in [0.5, 0.6) is 0 Å². The second-order valence-electron chi connectivity index (χ2n) is 7.59. The van der Waals surface area contributed by atoms with E-state index in [1.807, 2.05) is 11.8 Å². The van der Waals surface area contributed by atoms with E-state index < -0.39 is 0 Å². The maximum atomic E-state index is 13.0. The predicted octanol–water partition coefficient (Wildman–Crippen LogP) is 3.16. The minimum atomic E-state index is -0.288. The topological polar surface area (TPSA) is 57.7 Å². The minimum absolute atomic E-state index is 0.0786. The number of fused-ring (bicyclic) bond motifs is 1. The molecule has 3 aliphatic rings. The van der Waals surface area contributed by atoms with Gasteiger partial charge in [-0.3, -0.25) is 14.4 Å². The van der Waals surface area contributed by atoms with Gasteiger partial charge in [-0.15, -0.1) is 0 Å². The zero-order valence-corrected chi connectivity index (χ0v) is 15.1. The molecular formula is C21H24N2O3. The quantitative estimate of drug-likeness (QED) is 0.607. The number of rotatable bonds is 2. The van der Waals surface area contributed by atoms with Crippen LogP contribution in [0.2, 0.25) is 0 Å². The molecule has 1 aromatic carbocycles. The molecule has 5 heteroatoms. The highest BCUT2D eigenvalue weighted by atomic mass is 16.2. The minimum Gasteiger partial charge on any atom is -0.339 e. The maximum absolute atomic E-state index is 13.0. The Hall–Kier alpha value is -2.43. The molecule has 2 saturated heterocycles. The lowest BCUT2D eigenvalue weighted by Gasteiger charge is -2.28. The number of benzene rings is 1. The summed E-state index contributed by atoms with van der Waals surface area (Å²) in [7, 11) is 0. The van der Waals surface area contributed by atoms with Gasteiger partial charge in [0.05, 0.1) is 23.1 Å². The van der Waals surface area contributed by atoms with Crippen molar-refractivity contribution in [3.63, 3.8) is 0 Å². The van der Waals surface area contributed by atoms with Crippen molar-refractivity contribution in [2.24, 2.45) is 11.8 Å². The van der Waals surface area contributed by atoms with Crippen LogP contribution in [0.3, 0.4) is 0 Å². The van der Waals surface area contributed by atoms with Gasteiger partial charge in [-0.05, 0) is 51.2 Å². The molecule has 0 aromatic heterocycles. The molecular weight excluding hydrogens is 328 g/mol. The Morgan fingerprint density at radius 3 is 2.46 bits per heavy atom. The summed E-state index contributed by atoms with van der Waals surface area (Å²) < 4.78 is 0. The first-order valence-corrected chi connectivity index (χ1v) is 9.49. The van der Waals surface area contributed by atoms with Gasteiger partial charge in [0, 0.05) is 13.1 Å². The Morgan fingerprint density at radius 2 is 1.69 bits per heavy atom. The molecule has 2 fully saturated rings. The third kappa shape index (κ3) is 2.75. The van der Waals surface area contributed by atoms with E-state index >= 15 is 0 Å². The number of anilines is 1. The van der Waals surface area contributed by atoms with Gasteiger partial charge in [0.2, 0.25) is 11.8 Å². The molecule has 5 nitrogen and oxygen atoms in total. The Kier molecular flexibility index (Phi) is 4.39. The second kappa shape index (κ2) is 6.71. The number of hydrogen-bond donors (Lipinski definition) is 0. The van der Waals surface area contributed by atoms with Gasteiger partial charge in [-0.1, -0.05) is 23.8 Å². The monoisotopic (exact) mass is 352 g/mol. The highest BCUT2D eigenvalue weighted by molar-refractivity contribution is 6.24. The molecule has 2 aliphatic heterocycles. The SMILES string of the molecule is CC1=CC[C@H]2C(=O)N(c3ccccc3C(=O)N3CCCCC3)C(=O)[C@H]2C1. The van der Waals surface area contributed by atoms with Gasteiger partial charge in [0.25, 0.3) is 5.91 Å². The molecule has 136 valence electrons. The molecule has 1 aromatic rings. The summed E-state index contributed by atoms with van der Waals surface area (Å²) in [5.41, 5.74) is 2.07. The van der Waals surface area contributed by atoms with Crippen LogP contribution in [0.4, 0.5) is 5.69 Å². The molecule has 0 unspecified atom stereocenters. The van der Waals surface area contributed by atoms with Crippen molar-refractivity contribution in [2.45, 2.75) is 39.0 Å². The van der Waals surface area contributed by atoms with Crippen molar-refractivity contribution in [1.82, 2.24) is 4.90 Å². The van der Waals surface area contributed by atoms with Crippen LogP contribution in [0.1, 0.15) is 49.4 Å². The first kappa shape index (κ1) is 17.0. The van der Waals surface area contributed by atoms with E-state index in [0.29, 0.717) is 24.1 Å². The maximum Gasteiger partial charge on any atom is 0.255 e. The van der Waals surface area contributed by atoms with Crippen LogP contribution >= 0.6 is 0 Å². The van der Waals surface area contributed by atoms with Crippen molar-refractivity contribution in [3.05, 3.63) is 41.5 Å². The zero-order valence-electron chi connectivity index (χ0n) is 15.1. The third-order valence-corrected chi connectivity index (χ3v) is 5.84. The molecule has 0 radical (unpaired) electrons. The van der Waals surface area contributed by atoms with E-state index in [4.69, 9.17) is 0 Å². The number of imide groups is 1. The van der Waals surface area contributed by atoms with Crippen LogP contribution in [0.25, 0.3) is 0 Å². The molecule has 0 bridgehead atoms. The van der Waals surface area contributed by atoms with Crippen molar-refractivity contribution in [1.29, 1.82) is 0 Å². The van der Waals surface area contributed by atoms with E-state index in [2.05, 4.69) is 6.08 Å². The molecule has 1 aliphatic carbocycles. The zero-order chi connectivity index (χ0) is 18.3. The number of carbonyl (C=O) groups is 3. The van der Waals surface area contributed by atoms with E-state index in [1.165, 1.54) is 4.90 Å². The van der Waals surface area contributed by atoms with Crippen molar-refractivity contribution in [2.75, 3.05) is 18.0 Å². The van der Waals surface area contributed by atoms with Crippen LogP contribution in [-0.2, 0) is 9.59 Å². The molecule has 0 spiro atoms. The third-order valence-electron chi connectivity index (χ3n) is 5.84. The molecule has 2 heterocycles. The molecule has 2 atom stereocenters. The van der Waals surface area contributed by atoms with Crippen molar-refractivity contribution < 1.29 is 14.4 Å². The molecule has 0 saturated carbocycles. The fourth-order valence-corrected chi connectivity index (χ4v) is 4.39. The Labute approximate surface area is 153 Å². The normalized spacial score (nSPS) is 26.0. The largest absolute Gasteiger partial charge is 0.339 e. The van der Waals surface area contributed by atoms with Gasteiger partial charge in [-0.25, -0.2) is 4.90 Å². The number of carbonyl (C=O) groups excluding carboxylic acids is 3. The fourth-order valence-electron chi connectivity index (χ4n) is 4.39. The first-order chi connectivity index (χ1) is 12.6. The number of allylic oxidation sites excluding steroid dienone is 2. The van der Waals surface area contributed by atoms with E-state index in [1.54, 1.807) is 24.3 Å². The molecule has 4 rings (SSSR count). The Morgan fingerprint density at radius 1 is 1.00 bits per heavy atom. The van der Waals surface area contributed by atoms with Crippen molar-refractivity contribution in [3.8, 4) is 0 Å². The van der Waals surface area contributed by atoms with Crippen LogP contribution in [0, 0.1) is 11.8 Å². The molecule has 3 amide bonds. The van der Waals surface area contributed by atoms with E-state index in [0.717, 1.165) is 37.9 Å². The lowest BCUT2D eigenvalue weighted by atomic mass is 9.82. The fraction of sp³-hybridized carbons (Fsp3) is 0.476. The first-order valence-electron chi connectivity index (χ1n) is 9.49. The summed E-state index contributed by atoms with van der Waals surface area (Å²) in [6.07, 6.45) is 6.45. The summed E-state index contributed by atoms with van der Waals surface area (Å²) in [5.74, 6) is -0.978. The van der Waals surface area contributed by atoms with Gasteiger partial charge in [0.1, 0.15) is 0 Å². The number of para-hydroxylation sites is 1. The van der Waals surface area contributed by atoms with Gasteiger partial charge in [-0.2, -0.15) is 0 Å². The van der Waals surface area contributed by atoms with Gasteiger partial charge < -0.3 is 4.90 Å². The van der Waals surface area contributed by atoms with Gasteiger partial charge >= 0.3 is 0 Å². The number of hydrogen-bond acceptors (Lipinski definition) is 3. The molecule has 26 heavy (non-hydrogen) atoms. The van der Waals surface area contributed by atoms with Gasteiger partial charge in [0.15, 0.2) is 0 Å². The summed E-state index contributed by atoms with van der Waals surface area (Å²) in [4.78, 5) is 42.1. The number of nitrogens with zero attached hydrogens (tertiary/aromatic N) is 2. The predicted molar refractivity (Wildman–Crippen MR) is 98.7 cm³/mol. The van der Waals surface area contributed by atoms with Crippen LogP contribution < -0.4 is 4.90 Å². The smallest absolute Gasteiger partial charge is 0.255 e. The average Bonchev–Trinajstić information content (AvgIpc) is 2.92. The molecule has 0 N–H and O–H groups in total. The number of likely N-dealkylation sites (tertiary alicyclic amines) is 1. The number of piperidine rings is 1. The lowest BCUT2D eigenvalue weighted by molar-refractivity contribution is -0.122. The standard InChI is InChI=1S/C21H24N2O3/c1-14-9-10-15-17(13-14)21(26)23(20(15)25)18-8-4-3-7-16(18)19(24)22-11-5-2-6-12-22/h3-4,7-9,15,17H,2,5-6,10-13H2,1H3/t15-,17+/m1/s1. The Bertz CT molecular complexity index is 792. The number of amides is 3. The van der Waals surface area contributed by atoms with Crippen molar-refractivity contribution >= 4 is 23.4 Å². The van der Waals surface area contributed by atoms with E-state index in [-0.39, 0.29) is 29.6 Å². The Balaban J connectivity index is 1.67. The summed E-state index contributed by atoms with van der Waals surface area (Å²) in [6, 6.07) is 7.04. The average molecular weight is 352 g/mol. The van der Waals surface area contributed by atoms with Crippen LogP contribution in [-0.4, -0.2) is 35.7 Å². The summed E-state index contributed by atoms with van der Waals surface area (Å²) in [5, 5.41) is 0. The highest BCUT2D eigenvalue weighted by Crippen LogP contribution is 2.40. The van der Waals surface area contributed by atoms with Crippen LogP contribution in [0.15, 0.2) is 35.9 Å². The highest BCUT2D eigenvalue weighted by Gasteiger charge is 2.49. The second-order valence-corrected chi connectivity index (χ2v) is 7.59. The summed E-state index contributed by atoms with van der Waals surface area (Å²) in [6.45, 7) is 3.48. The summed E-state index contributed by atoms with van der Waals surface area (Å²) >= 11 is 0. The lowest BCUT2D eigenvalue weighted by Crippen LogP contribution is -2.38.